The van der Waals surface area contributed by atoms with E-state index in [2.05, 4.69) is 37.1 Å². The fourth-order valence-electron chi connectivity index (χ4n) is 2.02. The number of nitrogens with zero attached hydrogens (tertiary/aromatic N) is 1. The van der Waals surface area contributed by atoms with Gasteiger partial charge in [-0.25, -0.2) is 0 Å². The van der Waals surface area contributed by atoms with Crippen LogP contribution in [-0.2, 0) is 0 Å². The lowest BCUT2D eigenvalue weighted by molar-refractivity contribution is 1.18. The first-order valence-electron chi connectivity index (χ1n) is 5.51. The highest BCUT2D eigenvalue weighted by atomic mass is 14.9. The van der Waals surface area contributed by atoms with E-state index in [1.54, 1.807) is 0 Å². The summed E-state index contributed by atoms with van der Waals surface area (Å²) in [4.78, 5) is 0. The molecule has 0 spiro atoms. The van der Waals surface area contributed by atoms with Crippen molar-refractivity contribution < 1.29 is 0 Å². The molecule has 1 aromatic heterocycles. The Morgan fingerprint density at radius 3 is 1.94 bits per heavy atom. The fourth-order valence-corrected chi connectivity index (χ4v) is 2.02. The van der Waals surface area contributed by atoms with Gasteiger partial charge in [-0.15, -0.1) is 0 Å². The van der Waals surface area contributed by atoms with Gasteiger partial charge in [0.1, 0.15) is 0 Å². The van der Waals surface area contributed by atoms with Crippen molar-refractivity contribution in [3.05, 3.63) is 48.3 Å². The van der Waals surface area contributed by atoms with Gasteiger partial charge in [-0.2, -0.15) is 0 Å². The van der Waals surface area contributed by atoms with Gasteiger partial charge in [-0.05, 0) is 19.1 Å². The van der Waals surface area contributed by atoms with Crippen molar-refractivity contribution >= 4 is 31.7 Å². The van der Waals surface area contributed by atoms with E-state index >= 15 is 0 Å². The van der Waals surface area contributed by atoms with Gasteiger partial charge in [0, 0.05) is 22.5 Å². The second-order valence-electron chi connectivity index (χ2n) is 3.45. The van der Waals surface area contributed by atoms with Gasteiger partial charge in [0.15, 0.2) is 0 Å². The molecule has 1 rings (SSSR count). The molecular weight excluding hydrogens is 193 g/mol. The fraction of sp³-hybridized carbons (Fsp3) is 0.143. The van der Waals surface area contributed by atoms with E-state index in [1.165, 1.54) is 5.69 Å². The predicted molar refractivity (Wildman–Crippen MR) is 77.8 cm³/mol. The highest BCUT2D eigenvalue weighted by Gasteiger charge is 2.14. The Labute approximate surface area is 98.8 Å². The summed E-state index contributed by atoms with van der Waals surface area (Å²) in [5.41, 5.74) is 4.52. The number of rotatable bonds is 5. The quantitative estimate of drug-likeness (QED) is 0.654. The summed E-state index contributed by atoms with van der Waals surface area (Å²) < 4.78 is 2.22. The lowest BCUT2D eigenvalue weighted by Crippen LogP contribution is -2.06. The Hall–Kier alpha value is -1.70. The molecule has 0 radical (unpaired) electrons. The Kier molecular flexibility index (Phi) is 4.18. The maximum absolute atomic E-state index is 3.88. The summed E-state index contributed by atoms with van der Waals surface area (Å²) in [6, 6.07) is 0. The molecule has 2 heteroatoms. The molecule has 0 fully saturated rings. The molecule has 0 aromatic carbocycles. The van der Waals surface area contributed by atoms with Crippen LogP contribution in [-0.4, -0.2) is 11.9 Å². The second kappa shape index (κ2) is 5.41. The van der Waals surface area contributed by atoms with Gasteiger partial charge in [-0.1, -0.05) is 44.8 Å². The summed E-state index contributed by atoms with van der Waals surface area (Å²) in [5, 5.41) is 0. The normalized spacial score (nSPS) is 10.4. The van der Waals surface area contributed by atoms with Crippen LogP contribution in [0.3, 0.4) is 0 Å². The second-order valence-corrected chi connectivity index (χ2v) is 3.45. The third-order valence-electron chi connectivity index (χ3n) is 2.67. The van der Waals surface area contributed by atoms with Gasteiger partial charge < -0.3 is 4.48 Å². The summed E-state index contributed by atoms with van der Waals surface area (Å²) in [7, 11) is 0.912. The van der Waals surface area contributed by atoms with Crippen LogP contribution in [0.15, 0.2) is 25.8 Å². The smallest absolute Gasteiger partial charge is 0.239 e. The van der Waals surface area contributed by atoms with E-state index in [4.69, 9.17) is 0 Å². The predicted octanol–water partition coefficient (Wildman–Crippen LogP) is 3.70. The van der Waals surface area contributed by atoms with Crippen LogP contribution >= 0.6 is 0 Å². The molecule has 1 nitrogen and oxygen atoms in total. The van der Waals surface area contributed by atoms with Crippen LogP contribution in [0.25, 0.3) is 24.3 Å². The van der Waals surface area contributed by atoms with Crippen molar-refractivity contribution in [3.8, 4) is 0 Å². The standard InChI is InChI=1S/C14H18BN/c1-6-10-14-12(8-3)11(7-2)13(9-4)16(14)15-5/h6-10,15H,2-4H2,1,5H3/b10-6-. The first-order valence-corrected chi connectivity index (χ1v) is 5.51. The van der Waals surface area contributed by atoms with E-state index in [0.717, 1.165) is 24.2 Å². The summed E-state index contributed by atoms with van der Waals surface area (Å²) in [6.45, 7) is 15.7. The van der Waals surface area contributed by atoms with Crippen LogP contribution in [0.4, 0.5) is 0 Å². The molecule has 0 unspecified atom stereocenters. The number of aromatic nitrogens is 1. The maximum atomic E-state index is 3.88. The molecular formula is C14H18BN. The first kappa shape index (κ1) is 12.4. The number of hydrogen-bond acceptors (Lipinski definition) is 0. The first-order chi connectivity index (χ1) is 7.74. The van der Waals surface area contributed by atoms with Crippen molar-refractivity contribution in [2.24, 2.45) is 0 Å². The Morgan fingerprint density at radius 1 is 1.00 bits per heavy atom. The highest BCUT2D eigenvalue weighted by Crippen LogP contribution is 2.26. The topological polar surface area (TPSA) is 4.93 Å². The van der Waals surface area contributed by atoms with Crippen molar-refractivity contribution in [2.75, 3.05) is 0 Å². The van der Waals surface area contributed by atoms with Crippen LogP contribution in [0.2, 0.25) is 6.82 Å². The zero-order chi connectivity index (χ0) is 12.1. The molecule has 0 bridgehead atoms. The molecule has 0 saturated carbocycles. The molecule has 0 aliphatic heterocycles. The maximum Gasteiger partial charge on any atom is 0.239 e. The zero-order valence-corrected chi connectivity index (χ0v) is 10.2. The zero-order valence-electron chi connectivity index (χ0n) is 10.2. The third-order valence-corrected chi connectivity index (χ3v) is 2.67. The van der Waals surface area contributed by atoms with Gasteiger partial charge in [0.2, 0.25) is 7.41 Å². The summed E-state index contributed by atoms with van der Waals surface area (Å²) >= 11 is 0. The molecule has 0 N–H and O–H groups in total. The summed E-state index contributed by atoms with van der Waals surface area (Å²) in [5.74, 6) is 0. The minimum atomic E-state index is 0.912. The van der Waals surface area contributed by atoms with Crippen LogP contribution < -0.4 is 0 Å². The number of allylic oxidation sites excluding steroid dienone is 1. The number of hydrogen-bond donors (Lipinski definition) is 0. The monoisotopic (exact) mass is 211 g/mol. The molecule has 1 aromatic rings. The SMILES string of the molecule is C=Cc1c(C=C)c(/C=C\C)n(BC)c1C=C. The summed E-state index contributed by atoms with van der Waals surface area (Å²) in [6.07, 6.45) is 9.76. The van der Waals surface area contributed by atoms with Gasteiger partial charge in [0.25, 0.3) is 0 Å². The van der Waals surface area contributed by atoms with Gasteiger partial charge >= 0.3 is 0 Å². The minimum absolute atomic E-state index is 0.912. The molecule has 0 aliphatic rings. The minimum Gasteiger partial charge on any atom is -0.389 e. The van der Waals surface area contributed by atoms with E-state index in [9.17, 15) is 0 Å². The molecule has 0 saturated heterocycles. The van der Waals surface area contributed by atoms with Crippen molar-refractivity contribution in [3.63, 3.8) is 0 Å². The van der Waals surface area contributed by atoms with Crippen LogP contribution in [0.1, 0.15) is 29.4 Å². The lowest BCUT2D eigenvalue weighted by Gasteiger charge is -2.05. The van der Waals surface area contributed by atoms with Crippen molar-refractivity contribution in [2.45, 2.75) is 13.7 Å². The van der Waals surface area contributed by atoms with Crippen LogP contribution in [0, 0.1) is 0 Å². The average molecular weight is 211 g/mol. The van der Waals surface area contributed by atoms with E-state index in [-0.39, 0.29) is 0 Å². The average Bonchev–Trinajstić information content (AvgIpc) is 2.61. The Balaban J connectivity index is 3.68. The molecule has 82 valence electrons. The highest BCUT2D eigenvalue weighted by molar-refractivity contribution is 6.33. The van der Waals surface area contributed by atoms with Crippen molar-refractivity contribution in [1.29, 1.82) is 0 Å². The third kappa shape index (κ3) is 1.83. The van der Waals surface area contributed by atoms with E-state index in [1.807, 2.05) is 31.2 Å². The molecule has 0 amide bonds. The molecule has 16 heavy (non-hydrogen) atoms. The molecule has 0 aliphatic carbocycles. The van der Waals surface area contributed by atoms with Gasteiger partial charge in [-0.3, -0.25) is 0 Å². The Bertz CT molecular complexity index is 450. The lowest BCUT2D eigenvalue weighted by atomic mass is 9.98. The van der Waals surface area contributed by atoms with Crippen LogP contribution in [0.5, 0.6) is 0 Å². The molecule has 1 heterocycles. The van der Waals surface area contributed by atoms with Crippen molar-refractivity contribution in [1.82, 2.24) is 4.48 Å². The van der Waals surface area contributed by atoms with E-state index < -0.39 is 0 Å². The largest absolute Gasteiger partial charge is 0.389 e. The van der Waals surface area contributed by atoms with E-state index in [0.29, 0.717) is 0 Å². The molecule has 0 atom stereocenters. The Morgan fingerprint density at radius 2 is 1.56 bits per heavy atom. The van der Waals surface area contributed by atoms with Gasteiger partial charge in [0.05, 0.1) is 0 Å².